The Kier molecular flexibility index (Phi) is 9.72. The lowest BCUT2D eigenvalue weighted by Gasteiger charge is -2.39. The molecule has 0 aliphatic heterocycles. The van der Waals surface area contributed by atoms with Gasteiger partial charge in [-0.25, -0.2) is 0 Å². The van der Waals surface area contributed by atoms with Crippen molar-refractivity contribution in [2.24, 2.45) is 5.41 Å². The van der Waals surface area contributed by atoms with E-state index in [1.54, 1.807) is 7.11 Å². The molecule has 1 saturated carbocycles. The Morgan fingerprint density at radius 1 is 1.00 bits per heavy atom. The first kappa shape index (κ1) is 26.0. The van der Waals surface area contributed by atoms with Gasteiger partial charge in [0.2, 0.25) is 11.8 Å². The van der Waals surface area contributed by atoms with E-state index in [9.17, 15) is 14.4 Å². The highest BCUT2D eigenvalue weighted by Gasteiger charge is 2.43. The van der Waals surface area contributed by atoms with Crippen LogP contribution < -0.4 is 10.6 Å². The monoisotopic (exact) mass is 482 g/mol. The van der Waals surface area contributed by atoms with Gasteiger partial charge in [-0.3, -0.25) is 14.4 Å². The molecule has 2 aromatic rings. The average molecular weight is 483 g/mol. The summed E-state index contributed by atoms with van der Waals surface area (Å²) in [7, 11) is 1.69. The van der Waals surface area contributed by atoms with Crippen molar-refractivity contribution in [2.45, 2.75) is 57.7 Å². The second-order valence-corrected chi connectivity index (χ2v) is 10.1. The van der Waals surface area contributed by atoms with E-state index in [0.717, 1.165) is 24.0 Å². The summed E-state index contributed by atoms with van der Waals surface area (Å²) >= 11 is 1.18. The Morgan fingerprint density at radius 2 is 1.59 bits per heavy atom. The Bertz CT molecular complexity index is 944. The molecule has 3 rings (SSSR count). The van der Waals surface area contributed by atoms with E-state index in [1.807, 2.05) is 60.7 Å². The van der Waals surface area contributed by atoms with E-state index in [2.05, 4.69) is 10.6 Å². The fraction of sp³-hybridized carbons (Fsp3) is 0.444. The minimum atomic E-state index is -0.710. The van der Waals surface area contributed by atoms with Crippen molar-refractivity contribution in [2.75, 3.05) is 12.9 Å². The molecule has 0 bridgehead atoms. The number of ether oxygens (including phenoxy) is 1. The first-order valence-corrected chi connectivity index (χ1v) is 12.7. The molecule has 0 heterocycles. The van der Waals surface area contributed by atoms with Gasteiger partial charge in [-0.15, -0.1) is 0 Å². The predicted molar refractivity (Wildman–Crippen MR) is 135 cm³/mol. The largest absolute Gasteiger partial charge is 0.381 e. The maximum Gasteiger partial charge on any atom is 0.243 e. The highest BCUT2D eigenvalue weighted by atomic mass is 32.2. The van der Waals surface area contributed by atoms with Gasteiger partial charge in [0, 0.05) is 32.8 Å². The molecule has 1 fully saturated rings. The van der Waals surface area contributed by atoms with E-state index in [1.165, 1.54) is 18.7 Å². The molecule has 1 atom stereocenters. The molecule has 0 spiro atoms. The first-order valence-electron chi connectivity index (χ1n) is 11.7. The van der Waals surface area contributed by atoms with Crippen molar-refractivity contribution in [3.63, 3.8) is 0 Å². The quantitative estimate of drug-likeness (QED) is 0.537. The minimum Gasteiger partial charge on any atom is -0.381 e. The number of carbonyl (C=O) groups is 3. The molecule has 2 N–H and O–H groups in total. The lowest BCUT2D eigenvalue weighted by Crippen LogP contribution is -2.54. The van der Waals surface area contributed by atoms with Gasteiger partial charge in [0.1, 0.15) is 6.04 Å². The van der Waals surface area contributed by atoms with Gasteiger partial charge >= 0.3 is 0 Å². The molecule has 0 aromatic heterocycles. The number of nitrogens with one attached hydrogen (secondary N) is 2. The molecule has 182 valence electrons. The van der Waals surface area contributed by atoms with Gasteiger partial charge in [0.15, 0.2) is 5.12 Å². The lowest BCUT2D eigenvalue weighted by atomic mass is 9.73. The standard InChI is InChI=1S/C27H34N2O4S/c1-20(30)34-19-27(15-13-23(33-2)14-16-27)26(32)29-24(17-21-9-5-3-6-10-21)25(31)28-18-22-11-7-4-8-12-22/h3-12,23-24H,13-19H2,1-2H3,(H,28,31)(H,29,32)/t23?,24-,27?/m0/s1. The molecule has 1 aliphatic rings. The molecule has 34 heavy (non-hydrogen) atoms. The SMILES string of the molecule is COC1CCC(CSC(C)=O)(C(=O)N[C@@H](Cc2ccccc2)C(=O)NCc2ccccc2)CC1. The lowest BCUT2D eigenvalue weighted by molar-refractivity contribution is -0.137. The minimum absolute atomic E-state index is 0.0116. The predicted octanol–water partition coefficient (Wildman–Crippen LogP) is 3.89. The van der Waals surface area contributed by atoms with Crippen molar-refractivity contribution in [3.05, 3.63) is 71.8 Å². The summed E-state index contributed by atoms with van der Waals surface area (Å²) in [6, 6.07) is 18.7. The fourth-order valence-electron chi connectivity index (χ4n) is 4.33. The van der Waals surface area contributed by atoms with Crippen LogP contribution in [0.5, 0.6) is 0 Å². The highest BCUT2D eigenvalue weighted by Crippen LogP contribution is 2.40. The summed E-state index contributed by atoms with van der Waals surface area (Å²) < 4.78 is 5.49. The van der Waals surface area contributed by atoms with Gasteiger partial charge in [-0.2, -0.15) is 0 Å². The van der Waals surface area contributed by atoms with Crippen molar-refractivity contribution in [1.82, 2.24) is 10.6 Å². The van der Waals surface area contributed by atoms with Crippen molar-refractivity contribution < 1.29 is 19.1 Å². The number of carbonyl (C=O) groups excluding carboxylic acids is 3. The molecule has 1 aliphatic carbocycles. The van der Waals surface area contributed by atoms with Crippen LogP contribution in [0.4, 0.5) is 0 Å². The third kappa shape index (κ3) is 7.43. The van der Waals surface area contributed by atoms with E-state index in [0.29, 0.717) is 31.6 Å². The molecule has 0 unspecified atom stereocenters. The number of hydrogen-bond donors (Lipinski definition) is 2. The molecule has 7 heteroatoms. The summed E-state index contributed by atoms with van der Waals surface area (Å²) in [4.78, 5) is 38.6. The van der Waals surface area contributed by atoms with Crippen molar-refractivity contribution in [3.8, 4) is 0 Å². The Labute approximate surface area is 206 Å². The van der Waals surface area contributed by atoms with E-state index >= 15 is 0 Å². The van der Waals surface area contributed by atoms with Crippen LogP contribution >= 0.6 is 11.8 Å². The van der Waals surface area contributed by atoms with Gasteiger partial charge in [-0.1, -0.05) is 72.4 Å². The Morgan fingerprint density at radius 3 is 2.15 bits per heavy atom. The zero-order chi connectivity index (χ0) is 24.4. The molecular weight excluding hydrogens is 448 g/mol. The van der Waals surface area contributed by atoms with E-state index in [-0.39, 0.29) is 23.0 Å². The smallest absolute Gasteiger partial charge is 0.243 e. The van der Waals surface area contributed by atoms with Crippen LogP contribution in [0, 0.1) is 5.41 Å². The van der Waals surface area contributed by atoms with Crippen LogP contribution in [0.1, 0.15) is 43.7 Å². The molecule has 2 aromatic carbocycles. The number of thioether (sulfide) groups is 1. The molecule has 0 saturated heterocycles. The average Bonchev–Trinajstić information content (AvgIpc) is 2.87. The summed E-state index contributed by atoms with van der Waals surface area (Å²) in [6.45, 7) is 1.91. The molecule has 0 radical (unpaired) electrons. The maximum absolute atomic E-state index is 13.7. The van der Waals surface area contributed by atoms with Crippen molar-refractivity contribution in [1.29, 1.82) is 0 Å². The van der Waals surface area contributed by atoms with Gasteiger partial charge in [0.25, 0.3) is 0 Å². The molecule has 6 nitrogen and oxygen atoms in total. The van der Waals surface area contributed by atoms with Crippen LogP contribution in [0.15, 0.2) is 60.7 Å². The Hall–Kier alpha value is -2.64. The van der Waals surface area contributed by atoms with Crippen LogP contribution in [0.25, 0.3) is 0 Å². The number of hydrogen-bond acceptors (Lipinski definition) is 5. The maximum atomic E-state index is 13.7. The third-order valence-corrected chi connectivity index (χ3v) is 7.57. The van der Waals surface area contributed by atoms with E-state index in [4.69, 9.17) is 4.74 Å². The zero-order valence-corrected chi connectivity index (χ0v) is 20.7. The summed E-state index contributed by atoms with van der Waals surface area (Å²) in [5.41, 5.74) is 1.27. The van der Waals surface area contributed by atoms with Crippen LogP contribution in [0.2, 0.25) is 0 Å². The van der Waals surface area contributed by atoms with Crippen LogP contribution in [0.3, 0.4) is 0 Å². The van der Waals surface area contributed by atoms with Crippen molar-refractivity contribution >= 4 is 28.7 Å². The van der Waals surface area contributed by atoms with E-state index < -0.39 is 11.5 Å². The molecule has 2 amide bonds. The molecular formula is C27H34N2O4S. The second kappa shape index (κ2) is 12.7. The topological polar surface area (TPSA) is 84.5 Å². The van der Waals surface area contributed by atoms with Gasteiger partial charge in [0.05, 0.1) is 11.5 Å². The summed E-state index contributed by atoms with van der Waals surface area (Å²) in [6.07, 6.45) is 3.28. The van der Waals surface area contributed by atoms with Crippen LogP contribution in [-0.2, 0) is 32.1 Å². The highest BCUT2D eigenvalue weighted by molar-refractivity contribution is 8.13. The number of rotatable bonds is 10. The number of amides is 2. The van der Waals surface area contributed by atoms with Gasteiger partial charge in [-0.05, 0) is 36.8 Å². The normalized spacial score (nSPS) is 20.8. The Balaban J connectivity index is 1.75. The fourth-order valence-corrected chi connectivity index (χ4v) is 5.23. The summed E-state index contributed by atoms with van der Waals surface area (Å²) in [5.74, 6) is 0.0292. The van der Waals surface area contributed by atoms with Gasteiger partial charge < -0.3 is 15.4 Å². The zero-order valence-electron chi connectivity index (χ0n) is 19.9. The number of benzene rings is 2. The number of methoxy groups -OCH3 is 1. The van der Waals surface area contributed by atoms with Crippen LogP contribution in [-0.4, -0.2) is 41.9 Å². The third-order valence-electron chi connectivity index (χ3n) is 6.47. The second-order valence-electron chi connectivity index (χ2n) is 8.91. The first-order chi connectivity index (χ1) is 16.4. The summed E-state index contributed by atoms with van der Waals surface area (Å²) in [5, 5.41) is 6.01.